The minimum Gasteiger partial charge on any atom is -0.307 e. The van der Waals surface area contributed by atoms with Gasteiger partial charge in [-0.1, -0.05) is 12.7 Å². The van der Waals surface area contributed by atoms with E-state index in [0.29, 0.717) is 0 Å². The van der Waals surface area contributed by atoms with Crippen molar-refractivity contribution in [1.82, 2.24) is 9.38 Å². The molecule has 0 atom stereocenters. The number of pyridine rings is 1. The van der Waals surface area contributed by atoms with Crippen LogP contribution < -0.4 is 0 Å². The lowest BCUT2D eigenvalue weighted by Gasteiger charge is -1.95. The van der Waals surface area contributed by atoms with Crippen molar-refractivity contribution >= 4 is 11.7 Å². The second kappa shape index (κ2) is 2.23. The predicted octanol–water partition coefficient (Wildman–Crippen LogP) is 1.98. The minimum absolute atomic E-state index is 0.961. The molecule has 0 saturated carbocycles. The van der Waals surface area contributed by atoms with Gasteiger partial charge in [0.1, 0.15) is 5.65 Å². The Kier molecular flexibility index (Phi) is 1.25. The van der Waals surface area contributed by atoms with E-state index >= 15 is 0 Å². The van der Waals surface area contributed by atoms with Gasteiger partial charge in [-0.15, -0.1) is 0 Å². The molecular formula is C9H8N2. The summed E-state index contributed by atoms with van der Waals surface area (Å²) in [6, 6.07) is 3.97. The Morgan fingerprint density at radius 1 is 1.45 bits per heavy atom. The third-order valence-corrected chi connectivity index (χ3v) is 1.67. The fourth-order valence-electron chi connectivity index (χ4n) is 1.13. The molecule has 0 amide bonds. The minimum atomic E-state index is 0.961. The average Bonchev–Trinajstić information content (AvgIpc) is 2.50. The van der Waals surface area contributed by atoms with Gasteiger partial charge in [0, 0.05) is 24.2 Å². The molecule has 54 valence electrons. The number of hydrogen-bond acceptors (Lipinski definition) is 1. The van der Waals surface area contributed by atoms with Crippen LogP contribution in [0.1, 0.15) is 5.56 Å². The van der Waals surface area contributed by atoms with E-state index in [2.05, 4.69) is 11.6 Å². The normalized spacial score (nSPS) is 10.2. The fourth-order valence-corrected chi connectivity index (χ4v) is 1.13. The molecule has 0 fully saturated rings. The molecule has 2 heteroatoms. The molecule has 2 heterocycles. The third kappa shape index (κ3) is 0.835. The van der Waals surface area contributed by atoms with E-state index in [1.807, 2.05) is 35.0 Å². The first-order chi connectivity index (χ1) is 5.42. The van der Waals surface area contributed by atoms with Crippen molar-refractivity contribution in [3.63, 3.8) is 0 Å². The zero-order valence-corrected chi connectivity index (χ0v) is 6.07. The predicted molar refractivity (Wildman–Crippen MR) is 45.3 cm³/mol. The summed E-state index contributed by atoms with van der Waals surface area (Å²) in [7, 11) is 0. The molecule has 2 aromatic rings. The summed E-state index contributed by atoms with van der Waals surface area (Å²) >= 11 is 0. The molecule has 0 aromatic carbocycles. The number of hydrogen-bond donors (Lipinski definition) is 0. The summed E-state index contributed by atoms with van der Waals surface area (Å²) in [6.45, 7) is 3.71. The molecule has 0 aliphatic carbocycles. The maximum atomic E-state index is 4.18. The van der Waals surface area contributed by atoms with Crippen LogP contribution in [0.3, 0.4) is 0 Å². The van der Waals surface area contributed by atoms with E-state index in [-0.39, 0.29) is 0 Å². The maximum absolute atomic E-state index is 4.18. The lowest BCUT2D eigenvalue weighted by Crippen LogP contribution is -1.84. The Balaban J connectivity index is 2.88. The fraction of sp³-hybridized carbons (Fsp3) is 0. The molecule has 0 unspecified atom stereocenters. The van der Waals surface area contributed by atoms with E-state index in [4.69, 9.17) is 0 Å². The highest BCUT2D eigenvalue weighted by molar-refractivity contribution is 5.63. The Labute approximate surface area is 64.8 Å². The van der Waals surface area contributed by atoms with Crippen molar-refractivity contribution in [3.05, 3.63) is 42.9 Å². The van der Waals surface area contributed by atoms with Crippen molar-refractivity contribution in [2.45, 2.75) is 0 Å². The largest absolute Gasteiger partial charge is 0.307 e. The van der Waals surface area contributed by atoms with Crippen LogP contribution in [0.2, 0.25) is 0 Å². The topological polar surface area (TPSA) is 17.3 Å². The van der Waals surface area contributed by atoms with Gasteiger partial charge in [0.05, 0.1) is 0 Å². The third-order valence-electron chi connectivity index (χ3n) is 1.67. The van der Waals surface area contributed by atoms with Gasteiger partial charge < -0.3 is 4.40 Å². The summed E-state index contributed by atoms with van der Waals surface area (Å²) in [6.07, 6.45) is 7.47. The zero-order valence-electron chi connectivity index (χ0n) is 6.07. The van der Waals surface area contributed by atoms with Crippen LogP contribution in [0.5, 0.6) is 0 Å². The summed E-state index contributed by atoms with van der Waals surface area (Å²) < 4.78 is 1.97. The molecule has 0 radical (unpaired) electrons. The summed E-state index contributed by atoms with van der Waals surface area (Å²) in [5.41, 5.74) is 2.03. The van der Waals surface area contributed by atoms with Gasteiger partial charge >= 0.3 is 0 Å². The van der Waals surface area contributed by atoms with Gasteiger partial charge in [0.15, 0.2) is 0 Å². The first-order valence-electron chi connectivity index (χ1n) is 3.46. The molecule has 0 saturated heterocycles. The van der Waals surface area contributed by atoms with Gasteiger partial charge in [-0.05, 0) is 12.1 Å². The zero-order chi connectivity index (χ0) is 7.68. The number of imidazole rings is 1. The number of rotatable bonds is 1. The van der Waals surface area contributed by atoms with Crippen LogP contribution in [0, 0.1) is 0 Å². The molecule has 0 aliphatic heterocycles. The van der Waals surface area contributed by atoms with Crippen LogP contribution in [0.4, 0.5) is 0 Å². The Hall–Kier alpha value is -1.57. The van der Waals surface area contributed by atoms with Crippen molar-refractivity contribution in [2.24, 2.45) is 0 Å². The van der Waals surface area contributed by atoms with E-state index < -0.39 is 0 Å². The van der Waals surface area contributed by atoms with Gasteiger partial charge in [0.25, 0.3) is 0 Å². The Bertz CT molecular complexity index is 387. The number of aromatic nitrogens is 2. The molecule has 2 aromatic heterocycles. The summed E-state index contributed by atoms with van der Waals surface area (Å²) in [5.74, 6) is 0. The van der Waals surface area contributed by atoms with Crippen LogP contribution >= 0.6 is 0 Å². The summed E-state index contributed by atoms with van der Waals surface area (Å²) in [4.78, 5) is 4.18. The molecule has 2 nitrogen and oxygen atoms in total. The SMILES string of the molecule is C=Cc1cccn2ccnc12. The highest BCUT2D eigenvalue weighted by Crippen LogP contribution is 2.08. The summed E-state index contributed by atoms with van der Waals surface area (Å²) in [5, 5.41) is 0. The van der Waals surface area contributed by atoms with Crippen molar-refractivity contribution in [2.75, 3.05) is 0 Å². The quantitative estimate of drug-likeness (QED) is 0.598. The van der Waals surface area contributed by atoms with E-state index in [1.165, 1.54) is 0 Å². The van der Waals surface area contributed by atoms with Crippen LogP contribution in [0.15, 0.2) is 37.3 Å². The van der Waals surface area contributed by atoms with Crippen molar-refractivity contribution in [3.8, 4) is 0 Å². The van der Waals surface area contributed by atoms with E-state index in [1.54, 1.807) is 6.20 Å². The second-order valence-electron chi connectivity index (χ2n) is 2.33. The molecule has 11 heavy (non-hydrogen) atoms. The highest BCUT2D eigenvalue weighted by atomic mass is 15.0. The monoisotopic (exact) mass is 144 g/mol. The first kappa shape index (κ1) is 6.16. The van der Waals surface area contributed by atoms with Crippen molar-refractivity contribution in [1.29, 1.82) is 0 Å². The smallest absolute Gasteiger partial charge is 0.143 e. The highest BCUT2D eigenvalue weighted by Gasteiger charge is 1.95. The molecule has 0 aliphatic rings. The van der Waals surface area contributed by atoms with Gasteiger partial charge in [-0.25, -0.2) is 4.98 Å². The van der Waals surface area contributed by atoms with Crippen molar-refractivity contribution < 1.29 is 0 Å². The molecule has 0 bridgehead atoms. The molecule has 0 N–H and O–H groups in total. The molecular weight excluding hydrogens is 136 g/mol. The van der Waals surface area contributed by atoms with Gasteiger partial charge in [-0.2, -0.15) is 0 Å². The standard InChI is InChI=1S/C9H8N2/c1-2-8-4-3-6-11-7-5-10-9(8)11/h2-7H,1H2. The van der Waals surface area contributed by atoms with Gasteiger partial charge in [0.2, 0.25) is 0 Å². The lowest BCUT2D eigenvalue weighted by atomic mass is 10.3. The van der Waals surface area contributed by atoms with Gasteiger partial charge in [-0.3, -0.25) is 0 Å². The maximum Gasteiger partial charge on any atom is 0.143 e. The number of fused-ring (bicyclic) bond motifs is 1. The Morgan fingerprint density at radius 2 is 2.36 bits per heavy atom. The first-order valence-corrected chi connectivity index (χ1v) is 3.46. The van der Waals surface area contributed by atoms with Crippen LogP contribution in [-0.4, -0.2) is 9.38 Å². The van der Waals surface area contributed by atoms with E-state index in [9.17, 15) is 0 Å². The lowest BCUT2D eigenvalue weighted by molar-refractivity contribution is 1.18. The molecule has 2 rings (SSSR count). The van der Waals surface area contributed by atoms with Crippen LogP contribution in [-0.2, 0) is 0 Å². The average molecular weight is 144 g/mol. The Morgan fingerprint density at radius 3 is 3.18 bits per heavy atom. The molecule has 0 spiro atoms. The van der Waals surface area contributed by atoms with Crippen LogP contribution in [0.25, 0.3) is 11.7 Å². The second-order valence-corrected chi connectivity index (χ2v) is 2.33. The number of nitrogens with zero attached hydrogens (tertiary/aromatic N) is 2. The van der Waals surface area contributed by atoms with E-state index in [0.717, 1.165) is 11.2 Å².